The van der Waals surface area contributed by atoms with Crippen LogP contribution in [0, 0.1) is 0 Å². The Morgan fingerprint density at radius 3 is 2.53 bits per heavy atom. The van der Waals surface area contributed by atoms with Gasteiger partial charge in [-0.3, -0.25) is 0 Å². The van der Waals surface area contributed by atoms with Crippen LogP contribution in [0.25, 0.3) is 0 Å². The molecule has 1 radical (unpaired) electrons. The number of unbranched alkanes of at least 4 members (excludes halogenated alkanes) is 2. The minimum atomic E-state index is 0.282. The fourth-order valence-electron chi connectivity index (χ4n) is 1.64. The molecule has 2 rings (SSSR count). The molecule has 79 valence electrons. The molecule has 0 saturated heterocycles. The maximum absolute atomic E-state index is 8.65. The molecule has 1 aromatic rings. The monoisotopic (exact) mass is 203 g/mol. The van der Waals surface area contributed by atoms with E-state index < -0.39 is 0 Å². The summed E-state index contributed by atoms with van der Waals surface area (Å²) in [6.45, 7) is 0.282. The summed E-state index contributed by atoms with van der Waals surface area (Å²) in [5.74, 6) is 0.925. The Kier molecular flexibility index (Phi) is 3.35. The van der Waals surface area contributed by atoms with Crippen molar-refractivity contribution < 1.29 is 5.11 Å². The quantitative estimate of drug-likeness (QED) is 0.734. The second kappa shape index (κ2) is 4.94. The Morgan fingerprint density at radius 2 is 1.80 bits per heavy atom. The second-order valence-electron chi connectivity index (χ2n) is 3.66. The van der Waals surface area contributed by atoms with Gasteiger partial charge in [0.15, 0.2) is 0 Å². The molecular weight excluding hydrogens is 188 g/mol. The number of rotatable bonds is 5. The van der Waals surface area contributed by atoms with E-state index in [9.17, 15) is 0 Å². The first-order chi connectivity index (χ1) is 7.40. The lowest BCUT2D eigenvalue weighted by molar-refractivity contribution is 0.283. The predicted molar refractivity (Wildman–Crippen MR) is 60.9 cm³/mol. The van der Waals surface area contributed by atoms with Crippen LogP contribution in [0.4, 0.5) is 11.4 Å². The SMILES string of the molecule is OCCCCCC1=Nc2ccccc2[N]1. The summed E-state index contributed by atoms with van der Waals surface area (Å²) in [6, 6.07) is 7.93. The smallest absolute Gasteiger partial charge is 0.129 e. The van der Waals surface area contributed by atoms with Crippen LogP contribution in [-0.2, 0) is 0 Å². The number of fused-ring (bicyclic) bond motifs is 1. The molecule has 0 fully saturated rings. The van der Waals surface area contributed by atoms with Gasteiger partial charge in [0.2, 0.25) is 0 Å². The molecule has 0 saturated carbocycles. The van der Waals surface area contributed by atoms with E-state index in [4.69, 9.17) is 5.11 Å². The average Bonchev–Trinajstić information content (AvgIpc) is 2.67. The number of hydrogen-bond donors (Lipinski definition) is 1. The number of aliphatic hydroxyl groups excluding tert-OH is 1. The third-order valence-corrected chi connectivity index (χ3v) is 2.44. The Labute approximate surface area is 89.9 Å². The van der Waals surface area contributed by atoms with Crippen molar-refractivity contribution in [3.05, 3.63) is 24.3 Å². The van der Waals surface area contributed by atoms with Gasteiger partial charge in [0.05, 0.1) is 11.4 Å². The molecule has 0 unspecified atom stereocenters. The number of para-hydroxylation sites is 2. The summed E-state index contributed by atoms with van der Waals surface area (Å²) in [5.41, 5.74) is 1.96. The van der Waals surface area contributed by atoms with Gasteiger partial charge in [0, 0.05) is 13.0 Å². The zero-order chi connectivity index (χ0) is 10.5. The highest BCUT2D eigenvalue weighted by Gasteiger charge is 2.13. The maximum atomic E-state index is 8.65. The van der Waals surface area contributed by atoms with E-state index in [-0.39, 0.29) is 6.61 Å². The van der Waals surface area contributed by atoms with Gasteiger partial charge in [-0.1, -0.05) is 18.6 Å². The van der Waals surface area contributed by atoms with E-state index in [1.807, 2.05) is 24.3 Å². The van der Waals surface area contributed by atoms with E-state index in [1.54, 1.807) is 0 Å². The zero-order valence-electron chi connectivity index (χ0n) is 8.69. The van der Waals surface area contributed by atoms with Crippen molar-refractivity contribution in [1.82, 2.24) is 5.32 Å². The third-order valence-electron chi connectivity index (χ3n) is 2.44. The van der Waals surface area contributed by atoms with Crippen molar-refractivity contribution in [3.63, 3.8) is 0 Å². The van der Waals surface area contributed by atoms with Gasteiger partial charge in [0.1, 0.15) is 5.84 Å². The fourth-order valence-corrected chi connectivity index (χ4v) is 1.64. The third kappa shape index (κ3) is 2.57. The van der Waals surface area contributed by atoms with Gasteiger partial charge in [0.25, 0.3) is 0 Å². The molecule has 0 aromatic heterocycles. The lowest BCUT2D eigenvalue weighted by Crippen LogP contribution is -2.05. The Bertz CT molecular complexity index is 360. The van der Waals surface area contributed by atoms with Gasteiger partial charge in [-0.2, -0.15) is 0 Å². The molecule has 0 atom stereocenters. The number of aliphatic imine (C=N–C) groups is 1. The first-order valence-corrected chi connectivity index (χ1v) is 5.39. The van der Waals surface area contributed by atoms with Crippen molar-refractivity contribution in [2.45, 2.75) is 25.7 Å². The number of amidine groups is 1. The number of nitrogens with zero attached hydrogens (tertiary/aromatic N) is 2. The van der Waals surface area contributed by atoms with Crippen LogP contribution in [0.1, 0.15) is 25.7 Å². The maximum Gasteiger partial charge on any atom is 0.129 e. The number of aliphatic hydroxyl groups is 1. The van der Waals surface area contributed by atoms with Crippen molar-refractivity contribution >= 4 is 17.2 Å². The molecule has 3 heteroatoms. The molecule has 15 heavy (non-hydrogen) atoms. The van der Waals surface area contributed by atoms with E-state index >= 15 is 0 Å². The van der Waals surface area contributed by atoms with Crippen LogP contribution in [0.15, 0.2) is 29.3 Å². The first kappa shape index (κ1) is 10.2. The second-order valence-corrected chi connectivity index (χ2v) is 3.66. The Hall–Kier alpha value is -1.35. The largest absolute Gasteiger partial charge is 0.396 e. The standard InChI is InChI=1S/C12H15N2O/c15-9-5-1-2-8-12-13-10-6-3-4-7-11(10)14-12/h3-4,6-7,15H,1-2,5,8-9H2. The number of benzene rings is 1. The van der Waals surface area contributed by atoms with Crippen molar-refractivity contribution in [1.29, 1.82) is 0 Å². The highest BCUT2D eigenvalue weighted by molar-refractivity contribution is 5.95. The van der Waals surface area contributed by atoms with Crippen molar-refractivity contribution in [2.75, 3.05) is 6.61 Å². The summed E-state index contributed by atoms with van der Waals surface area (Å²) >= 11 is 0. The molecule has 1 aromatic carbocycles. The van der Waals surface area contributed by atoms with E-state index in [0.29, 0.717) is 0 Å². The van der Waals surface area contributed by atoms with Crippen LogP contribution >= 0.6 is 0 Å². The first-order valence-electron chi connectivity index (χ1n) is 5.39. The Morgan fingerprint density at radius 1 is 1.00 bits per heavy atom. The van der Waals surface area contributed by atoms with Crippen LogP contribution in [0.5, 0.6) is 0 Å². The zero-order valence-corrected chi connectivity index (χ0v) is 8.69. The van der Waals surface area contributed by atoms with E-state index in [2.05, 4.69) is 10.3 Å². The van der Waals surface area contributed by atoms with Crippen LogP contribution in [0.2, 0.25) is 0 Å². The molecule has 1 aliphatic heterocycles. The fraction of sp³-hybridized carbons (Fsp3) is 0.417. The summed E-state index contributed by atoms with van der Waals surface area (Å²) in [7, 11) is 0. The summed E-state index contributed by atoms with van der Waals surface area (Å²) in [4.78, 5) is 4.44. The van der Waals surface area contributed by atoms with E-state index in [0.717, 1.165) is 42.9 Å². The minimum absolute atomic E-state index is 0.282. The van der Waals surface area contributed by atoms with Crippen molar-refractivity contribution in [3.8, 4) is 0 Å². The molecule has 3 nitrogen and oxygen atoms in total. The van der Waals surface area contributed by atoms with Crippen LogP contribution in [0.3, 0.4) is 0 Å². The summed E-state index contributed by atoms with van der Waals surface area (Å²) < 4.78 is 0. The molecule has 0 aliphatic carbocycles. The van der Waals surface area contributed by atoms with Gasteiger partial charge < -0.3 is 5.11 Å². The van der Waals surface area contributed by atoms with E-state index in [1.165, 1.54) is 0 Å². The van der Waals surface area contributed by atoms with Crippen LogP contribution in [-0.4, -0.2) is 17.5 Å². The minimum Gasteiger partial charge on any atom is -0.396 e. The lowest BCUT2D eigenvalue weighted by atomic mass is 10.2. The molecule has 0 bridgehead atoms. The van der Waals surface area contributed by atoms with Gasteiger partial charge >= 0.3 is 0 Å². The van der Waals surface area contributed by atoms with Gasteiger partial charge in [-0.15, -0.1) is 0 Å². The molecule has 1 N–H and O–H groups in total. The lowest BCUT2D eigenvalue weighted by Gasteiger charge is -1.99. The van der Waals surface area contributed by atoms with Crippen LogP contribution < -0.4 is 5.32 Å². The molecular formula is C12H15N2O. The molecule has 0 spiro atoms. The highest BCUT2D eigenvalue weighted by atomic mass is 16.2. The molecule has 1 aliphatic rings. The van der Waals surface area contributed by atoms with Crippen molar-refractivity contribution in [2.24, 2.45) is 4.99 Å². The Balaban J connectivity index is 1.83. The normalized spacial score (nSPS) is 13.3. The molecule has 1 heterocycles. The summed E-state index contributed by atoms with van der Waals surface area (Å²) in [5, 5.41) is 13.1. The predicted octanol–water partition coefficient (Wildman–Crippen LogP) is 2.52. The van der Waals surface area contributed by atoms with Gasteiger partial charge in [-0.05, 0) is 25.0 Å². The summed E-state index contributed by atoms with van der Waals surface area (Å²) in [6.07, 6.45) is 3.88. The number of hydrogen-bond acceptors (Lipinski definition) is 2. The topological polar surface area (TPSA) is 46.7 Å². The molecule has 0 amide bonds. The highest BCUT2D eigenvalue weighted by Crippen LogP contribution is 2.30. The average molecular weight is 203 g/mol. The van der Waals surface area contributed by atoms with Gasteiger partial charge in [-0.25, -0.2) is 10.3 Å².